The maximum atomic E-state index is 12.1. The van der Waals surface area contributed by atoms with Crippen molar-refractivity contribution in [3.63, 3.8) is 0 Å². The van der Waals surface area contributed by atoms with E-state index in [1.54, 1.807) is 0 Å². The van der Waals surface area contributed by atoms with E-state index >= 15 is 0 Å². The first kappa shape index (κ1) is 17.6. The maximum Gasteiger partial charge on any atom is 0.410 e. The quantitative estimate of drug-likeness (QED) is 0.734. The van der Waals surface area contributed by atoms with E-state index in [9.17, 15) is 4.79 Å². The van der Waals surface area contributed by atoms with E-state index in [-0.39, 0.29) is 6.09 Å². The van der Waals surface area contributed by atoms with Crippen LogP contribution in [-0.4, -0.2) is 54.3 Å². The van der Waals surface area contributed by atoms with E-state index in [2.05, 4.69) is 11.6 Å². The molecule has 1 aliphatic rings. The molecule has 4 nitrogen and oxygen atoms in total. The molecule has 1 heterocycles. The number of nitrogens with one attached hydrogen (secondary N) is 1. The van der Waals surface area contributed by atoms with Gasteiger partial charge in [-0.3, -0.25) is 0 Å². The summed E-state index contributed by atoms with van der Waals surface area (Å²) in [6.45, 7) is 8.65. The number of carbonyl (C=O) groups is 1. The van der Waals surface area contributed by atoms with Crippen molar-refractivity contribution in [1.29, 1.82) is 0 Å². The molecule has 20 heavy (non-hydrogen) atoms. The molecule has 0 bridgehead atoms. The fourth-order valence-corrected chi connectivity index (χ4v) is 2.86. The summed E-state index contributed by atoms with van der Waals surface area (Å²) in [6, 6.07) is 0.345. The van der Waals surface area contributed by atoms with Crippen LogP contribution in [0.3, 0.4) is 0 Å². The van der Waals surface area contributed by atoms with Crippen molar-refractivity contribution in [2.45, 2.75) is 58.1 Å². The molecule has 1 fully saturated rings. The first-order valence-corrected chi connectivity index (χ1v) is 9.02. The van der Waals surface area contributed by atoms with Gasteiger partial charge in [0, 0.05) is 12.6 Å². The smallest absolute Gasteiger partial charge is 0.410 e. The van der Waals surface area contributed by atoms with Gasteiger partial charge in [0.1, 0.15) is 5.60 Å². The van der Waals surface area contributed by atoms with E-state index in [0.29, 0.717) is 6.04 Å². The highest BCUT2D eigenvalue weighted by Gasteiger charge is 2.31. The van der Waals surface area contributed by atoms with Gasteiger partial charge in [0.05, 0.1) is 0 Å². The monoisotopic (exact) mass is 302 g/mol. The molecule has 1 atom stereocenters. The summed E-state index contributed by atoms with van der Waals surface area (Å²) >= 11 is 1.89. The number of rotatable bonds is 7. The first-order valence-electron chi connectivity index (χ1n) is 7.63. The van der Waals surface area contributed by atoms with Gasteiger partial charge >= 0.3 is 6.09 Å². The summed E-state index contributed by atoms with van der Waals surface area (Å²) in [4.78, 5) is 14.0. The lowest BCUT2D eigenvalue weighted by Crippen LogP contribution is -2.40. The minimum absolute atomic E-state index is 0.151. The number of carbonyl (C=O) groups excluding carboxylic acids is 1. The molecular formula is C15H30N2O2S. The fourth-order valence-electron chi connectivity index (χ4n) is 2.43. The number of amides is 1. The van der Waals surface area contributed by atoms with Gasteiger partial charge in [-0.05, 0) is 71.6 Å². The topological polar surface area (TPSA) is 41.6 Å². The molecule has 0 spiro atoms. The van der Waals surface area contributed by atoms with E-state index in [1.165, 1.54) is 12.2 Å². The van der Waals surface area contributed by atoms with Gasteiger partial charge in [-0.15, -0.1) is 0 Å². The van der Waals surface area contributed by atoms with Gasteiger partial charge in [-0.25, -0.2) is 4.79 Å². The van der Waals surface area contributed by atoms with Crippen LogP contribution in [-0.2, 0) is 4.74 Å². The van der Waals surface area contributed by atoms with Crippen LogP contribution in [0.1, 0.15) is 46.5 Å². The second-order valence-electron chi connectivity index (χ2n) is 6.35. The molecule has 1 N–H and O–H groups in total. The van der Waals surface area contributed by atoms with E-state index in [1.807, 2.05) is 37.4 Å². The summed E-state index contributed by atoms with van der Waals surface area (Å²) in [5.41, 5.74) is -0.402. The van der Waals surface area contributed by atoms with Crippen LogP contribution < -0.4 is 5.32 Å². The number of hydrogen-bond donors (Lipinski definition) is 1. The Morgan fingerprint density at radius 1 is 1.40 bits per heavy atom. The third-order valence-corrected chi connectivity index (χ3v) is 4.06. The molecule has 0 aromatic carbocycles. The molecule has 118 valence electrons. The van der Waals surface area contributed by atoms with Crippen LogP contribution >= 0.6 is 11.8 Å². The molecule has 0 radical (unpaired) electrons. The number of thioether (sulfide) groups is 1. The van der Waals surface area contributed by atoms with Gasteiger partial charge < -0.3 is 15.0 Å². The number of nitrogens with zero attached hydrogens (tertiary/aromatic N) is 1. The Morgan fingerprint density at radius 3 is 2.80 bits per heavy atom. The zero-order valence-corrected chi connectivity index (χ0v) is 14.2. The second-order valence-corrected chi connectivity index (χ2v) is 7.34. The normalized spacial score (nSPS) is 19.4. The summed E-state index contributed by atoms with van der Waals surface area (Å²) in [5.74, 6) is 1.21. The molecule has 1 amide bonds. The molecule has 1 unspecified atom stereocenters. The van der Waals surface area contributed by atoms with Crippen molar-refractivity contribution in [2.24, 2.45) is 0 Å². The molecule has 5 heteroatoms. The Labute approximate surface area is 128 Å². The number of likely N-dealkylation sites (tertiary alicyclic amines) is 1. The standard InChI is InChI=1S/C15H30N2O2S/c1-15(2,3)19-14(18)17-11-5-7-13(17)8-10-16-9-6-12-20-4/h13,16H,5-12H2,1-4H3. The summed E-state index contributed by atoms with van der Waals surface area (Å²) in [7, 11) is 0. The average Bonchev–Trinajstić information content (AvgIpc) is 2.80. The molecule has 0 aromatic heterocycles. The zero-order chi connectivity index (χ0) is 15.0. The van der Waals surface area contributed by atoms with Gasteiger partial charge in [-0.1, -0.05) is 0 Å². The second kappa shape index (κ2) is 8.78. The predicted octanol–water partition coefficient (Wildman–Crippen LogP) is 3.12. The molecule has 0 saturated carbocycles. The van der Waals surface area contributed by atoms with Crippen molar-refractivity contribution >= 4 is 17.9 Å². The molecule has 0 aliphatic carbocycles. The van der Waals surface area contributed by atoms with E-state index in [0.717, 1.165) is 38.9 Å². The maximum absolute atomic E-state index is 12.1. The minimum atomic E-state index is -0.402. The fraction of sp³-hybridized carbons (Fsp3) is 0.933. The van der Waals surface area contributed by atoms with Crippen LogP contribution in [0.25, 0.3) is 0 Å². The lowest BCUT2D eigenvalue weighted by Gasteiger charge is -2.28. The van der Waals surface area contributed by atoms with Crippen molar-refractivity contribution in [3.05, 3.63) is 0 Å². The van der Waals surface area contributed by atoms with Gasteiger partial charge in [0.25, 0.3) is 0 Å². The largest absolute Gasteiger partial charge is 0.444 e. The van der Waals surface area contributed by atoms with E-state index in [4.69, 9.17) is 4.74 Å². The Morgan fingerprint density at radius 2 is 2.15 bits per heavy atom. The van der Waals surface area contributed by atoms with Crippen LogP contribution in [0.15, 0.2) is 0 Å². The van der Waals surface area contributed by atoms with Gasteiger partial charge in [0.2, 0.25) is 0 Å². The number of ether oxygens (including phenoxy) is 1. The Hall–Kier alpha value is -0.420. The first-order chi connectivity index (χ1) is 9.44. The van der Waals surface area contributed by atoms with Crippen LogP contribution in [0.2, 0.25) is 0 Å². The molecular weight excluding hydrogens is 272 g/mol. The third-order valence-electron chi connectivity index (χ3n) is 3.36. The highest BCUT2D eigenvalue weighted by molar-refractivity contribution is 7.98. The molecule has 1 rings (SSSR count). The zero-order valence-electron chi connectivity index (χ0n) is 13.4. The molecule has 0 aromatic rings. The lowest BCUT2D eigenvalue weighted by atomic mass is 10.1. The van der Waals surface area contributed by atoms with E-state index < -0.39 is 5.60 Å². The van der Waals surface area contributed by atoms with Gasteiger partial charge in [0.15, 0.2) is 0 Å². The third kappa shape index (κ3) is 6.84. The van der Waals surface area contributed by atoms with Crippen molar-refractivity contribution in [1.82, 2.24) is 10.2 Å². The lowest BCUT2D eigenvalue weighted by molar-refractivity contribution is 0.0221. The Balaban J connectivity index is 2.25. The molecule has 1 saturated heterocycles. The average molecular weight is 302 g/mol. The van der Waals surface area contributed by atoms with Crippen molar-refractivity contribution < 1.29 is 9.53 Å². The highest BCUT2D eigenvalue weighted by Crippen LogP contribution is 2.22. The summed E-state index contributed by atoms with van der Waals surface area (Å²) < 4.78 is 5.48. The van der Waals surface area contributed by atoms with Crippen molar-refractivity contribution in [3.8, 4) is 0 Å². The van der Waals surface area contributed by atoms with Crippen molar-refractivity contribution in [2.75, 3.05) is 31.6 Å². The predicted molar refractivity (Wildman–Crippen MR) is 86.4 cm³/mol. The van der Waals surface area contributed by atoms with Gasteiger partial charge in [-0.2, -0.15) is 11.8 Å². The van der Waals surface area contributed by atoms with Crippen LogP contribution in [0, 0.1) is 0 Å². The highest BCUT2D eigenvalue weighted by atomic mass is 32.2. The Kier molecular flexibility index (Phi) is 7.74. The minimum Gasteiger partial charge on any atom is -0.444 e. The van der Waals surface area contributed by atoms with Crippen LogP contribution in [0.4, 0.5) is 4.79 Å². The Bertz CT molecular complexity index is 292. The summed E-state index contributed by atoms with van der Waals surface area (Å²) in [5, 5.41) is 3.46. The number of hydrogen-bond acceptors (Lipinski definition) is 4. The summed E-state index contributed by atoms with van der Waals surface area (Å²) in [6.07, 6.45) is 6.42. The SMILES string of the molecule is CSCCCNCCC1CCCN1C(=O)OC(C)(C)C. The molecule has 1 aliphatic heterocycles. The van der Waals surface area contributed by atoms with Crippen LogP contribution in [0.5, 0.6) is 0 Å².